The van der Waals surface area contributed by atoms with Crippen molar-refractivity contribution in [1.29, 1.82) is 0 Å². The van der Waals surface area contributed by atoms with Crippen LogP contribution in [0.5, 0.6) is 5.75 Å². The second-order valence-electron chi connectivity index (χ2n) is 12.4. The lowest BCUT2D eigenvalue weighted by Gasteiger charge is -2.29. The maximum absolute atomic E-state index is 12.3. The summed E-state index contributed by atoms with van der Waals surface area (Å²) in [6, 6.07) is 12.4. The van der Waals surface area contributed by atoms with Crippen molar-refractivity contribution in [3.8, 4) is 5.75 Å². The lowest BCUT2D eigenvalue weighted by molar-refractivity contribution is -0.437. The summed E-state index contributed by atoms with van der Waals surface area (Å²) < 4.78 is 106. The Bertz CT molecular complexity index is 2030. The number of rotatable bonds is 15. The molecule has 2 aromatic carbocycles. The van der Waals surface area contributed by atoms with Crippen molar-refractivity contribution >= 4 is 53.9 Å². The van der Waals surface area contributed by atoms with Crippen molar-refractivity contribution in [3.05, 3.63) is 89.7 Å². The van der Waals surface area contributed by atoms with Crippen LogP contribution < -0.4 is 9.64 Å². The van der Waals surface area contributed by atoms with Crippen molar-refractivity contribution in [1.82, 2.24) is 0 Å². The van der Waals surface area contributed by atoms with Gasteiger partial charge in [0.2, 0.25) is 5.69 Å². The molecule has 4 rings (SSSR count). The van der Waals surface area contributed by atoms with Gasteiger partial charge in [0.1, 0.15) is 12.3 Å². The molecule has 0 bridgehead atoms. The molecule has 16 heteroatoms. The highest BCUT2D eigenvalue weighted by atomic mass is 32.2. The summed E-state index contributed by atoms with van der Waals surface area (Å²) in [4.78, 5) is 12.7. The fourth-order valence-electron chi connectivity index (χ4n) is 6.47. The first kappa shape index (κ1) is 37.2. The van der Waals surface area contributed by atoms with E-state index in [1.54, 1.807) is 42.2 Å². The standard InChI is InChI=1S/C32H38N2O11S3/c1-31(2)25-11-7-8-12-27(25)33(17-9-19-46(36,37)38)29(31)13-5-4-6-14-30-32(3,22-48(42,43)44)26-21-24(45-23-35)15-16-28(26)34(30)18-10-20-47(39,40)41/h4-8,11-16,21,23H,9-10,17-20,22H2,1-3H3,(H2-,36,37,38,39,40,41,42,43,44)/p+1. The first-order valence-corrected chi connectivity index (χ1v) is 19.8. The molecule has 0 fully saturated rings. The summed E-state index contributed by atoms with van der Waals surface area (Å²) in [6.45, 7) is 6.33. The van der Waals surface area contributed by atoms with Crippen LogP contribution in [0.25, 0.3) is 0 Å². The molecule has 0 aliphatic carbocycles. The third kappa shape index (κ3) is 8.67. The average Bonchev–Trinajstić information content (AvgIpc) is 3.30. The van der Waals surface area contributed by atoms with Gasteiger partial charge in [-0.3, -0.25) is 18.5 Å². The molecule has 1 atom stereocenters. The lowest BCUT2D eigenvalue weighted by atomic mass is 9.81. The Labute approximate surface area is 281 Å². The number of benzene rings is 2. The molecule has 2 aromatic rings. The van der Waals surface area contributed by atoms with Crippen LogP contribution in [-0.2, 0) is 46.0 Å². The number of nitrogens with zero attached hydrogens (tertiary/aromatic N) is 2. The Morgan fingerprint density at radius 1 is 0.833 bits per heavy atom. The Hall–Kier alpha value is -3.67. The predicted molar refractivity (Wildman–Crippen MR) is 182 cm³/mol. The number of hydrogen-bond donors (Lipinski definition) is 3. The minimum atomic E-state index is -4.56. The fourth-order valence-corrected chi connectivity index (χ4v) is 8.49. The minimum Gasteiger partial charge on any atom is -0.429 e. The lowest BCUT2D eigenvalue weighted by Crippen LogP contribution is -2.35. The van der Waals surface area contributed by atoms with E-state index in [0.29, 0.717) is 23.5 Å². The van der Waals surface area contributed by atoms with Crippen molar-refractivity contribution in [2.24, 2.45) is 0 Å². The first-order valence-electron chi connectivity index (χ1n) is 14.9. The number of carbonyl (C=O) groups is 1. The van der Waals surface area contributed by atoms with Gasteiger partial charge < -0.3 is 9.64 Å². The highest BCUT2D eigenvalue weighted by molar-refractivity contribution is 7.86. The number of hydrogen-bond acceptors (Lipinski definition) is 9. The van der Waals surface area contributed by atoms with Crippen LogP contribution in [0.3, 0.4) is 0 Å². The minimum absolute atomic E-state index is 0.00481. The van der Waals surface area contributed by atoms with E-state index < -0.39 is 52.7 Å². The summed E-state index contributed by atoms with van der Waals surface area (Å²) in [7, 11) is -13.0. The second kappa shape index (κ2) is 14.1. The molecule has 0 saturated heterocycles. The van der Waals surface area contributed by atoms with Crippen LogP contribution in [0.4, 0.5) is 11.4 Å². The van der Waals surface area contributed by atoms with E-state index in [9.17, 15) is 43.7 Å². The summed E-state index contributed by atoms with van der Waals surface area (Å²) in [6.07, 6.45) is 8.87. The van der Waals surface area contributed by atoms with Crippen LogP contribution >= 0.6 is 0 Å². The van der Waals surface area contributed by atoms with Crippen LogP contribution in [0, 0.1) is 0 Å². The van der Waals surface area contributed by atoms with E-state index in [1.165, 1.54) is 12.1 Å². The summed E-state index contributed by atoms with van der Waals surface area (Å²) in [5.74, 6) is -1.51. The zero-order valence-corrected chi connectivity index (χ0v) is 29.1. The van der Waals surface area contributed by atoms with Crippen molar-refractivity contribution in [2.45, 2.75) is 44.4 Å². The second-order valence-corrected chi connectivity index (χ2v) is 17.0. The zero-order valence-electron chi connectivity index (χ0n) is 26.7. The quantitative estimate of drug-likeness (QED) is 0.104. The number of anilines is 1. The maximum atomic E-state index is 12.3. The number of allylic oxidation sites excluding steroid dienone is 6. The Morgan fingerprint density at radius 2 is 1.50 bits per heavy atom. The van der Waals surface area contributed by atoms with Gasteiger partial charge in [0.05, 0.1) is 28.1 Å². The van der Waals surface area contributed by atoms with E-state index in [0.717, 1.165) is 17.0 Å². The highest BCUT2D eigenvalue weighted by Gasteiger charge is 2.47. The van der Waals surface area contributed by atoms with Crippen LogP contribution in [0.15, 0.2) is 78.5 Å². The number of para-hydroxylation sites is 1. The summed E-state index contributed by atoms with van der Waals surface area (Å²) >= 11 is 0. The van der Waals surface area contributed by atoms with Gasteiger partial charge in [-0.05, 0) is 57.0 Å². The van der Waals surface area contributed by atoms with Crippen molar-refractivity contribution in [3.63, 3.8) is 0 Å². The van der Waals surface area contributed by atoms with Crippen molar-refractivity contribution < 1.29 is 53.0 Å². The molecule has 13 nitrogen and oxygen atoms in total. The van der Waals surface area contributed by atoms with Gasteiger partial charge >= 0.3 is 0 Å². The zero-order chi connectivity index (χ0) is 35.5. The van der Waals surface area contributed by atoms with Gasteiger partial charge in [0, 0.05) is 42.1 Å². The van der Waals surface area contributed by atoms with Gasteiger partial charge in [-0.2, -0.15) is 29.8 Å². The van der Waals surface area contributed by atoms with E-state index >= 15 is 0 Å². The summed E-state index contributed by atoms with van der Waals surface area (Å²) in [5, 5.41) is 0. The van der Waals surface area contributed by atoms with Gasteiger partial charge in [-0.25, -0.2) is 0 Å². The SMILES string of the molecule is CC1(C)C(/C=C/C=C/C=C2/N(CCCS(=O)(=O)O)c3ccc(OC=O)cc3C2(C)CS(=O)(=O)O)=[N+](CCCS(=O)(=O)O)c2ccccc21. The predicted octanol–water partition coefficient (Wildman–Crippen LogP) is 3.82. The van der Waals surface area contributed by atoms with E-state index in [1.807, 2.05) is 48.8 Å². The molecular weight excluding hydrogens is 685 g/mol. The van der Waals surface area contributed by atoms with E-state index in [2.05, 4.69) is 0 Å². The normalized spacial score (nSPS) is 20.2. The Morgan fingerprint density at radius 3 is 2.15 bits per heavy atom. The van der Waals surface area contributed by atoms with E-state index in [4.69, 9.17) is 4.74 Å². The molecule has 1 unspecified atom stereocenters. The third-order valence-electron chi connectivity index (χ3n) is 8.46. The van der Waals surface area contributed by atoms with Gasteiger partial charge in [0.15, 0.2) is 5.71 Å². The topological polar surface area (TPSA) is 196 Å². The van der Waals surface area contributed by atoms with Crippen molar-refractivity contribution in [2.75, 3.05) is 35.2 Å². The largest absolute Gasteiger partial charge is 0.429 e. The van der Waals surface area contributed by atoms with Crippen LogP contribution in [0.1, 0.15) is 44.7 Å². The molecular formula is C32H39N2O11S3+. The van der Waals surface area contributed by atoms with Crippen LogP contribution in [0.2, 0.25) is 0 Å². The van der Waals surface area contributed by atoms with Gasteiger partial charge in [0.25, 0.3) is 36.8 Å². The molecule has 0 radical (unpaired) electrons. The first-order chi connectivity index (χ1) is 22.3. The number of carbonyl (C=O) groups excluding carboxylic acids is 1. The Kier molecular flexibility index (Phi) is 10.9. The average molecular weight is 724 g/mol. The molecule has 2 heterocycles. The smallest absolute Gasteiger partial charge is 0.298 e. The number of fused-ring (bicyclic) bond motifs is 2. The van der Waals surface area contributed by atoms with Crippen LogP contribution in [-0.4, -0.2) is 86.0 Å². The molecule has 3 N–H and O–H groups in total. The van der Waals surface area contributed by atoms with Gasteiger partial charge in [-0.1, -0.05) is 36.4 Å². The third-order valence-corrected chi connectivity index (χ3v) is 11.0. The molecule has 48 heavy (non-hydrogen) atoms. The fraction of sp³-hybridized carbons (Fsp3) is 0.375. The molecule has 2 aliphatic heterocycles. The molecule has 0 saturated carbocycles. The highest BCUT2D eigenvalue weighted by Crippen LogP contribution is 2.50. The summed E-state index contributed by atoms with van der Waals surface area (Å²) in [5.41, 5.74) is 2.39. The van der Waals surface area contributed by atoms with E-state index in [-0.39, 0.29) is 37.4 Å². The molecule has 260 valence electrons. The monoisotopic (exact) mass is 723 g/mol. The maximum Gasteiger partial charge on any atom is 0.298 e. The molecule has 2 aliphatic rings. The Balaban J connectivity index is 1.74. The molecule has 0 amide bonds. The van der Waals surface area contributed by atoms with Gasteiger partial charge in [-0.15, -0.1) is 0 Å². The molecule has 0 aromatic heterocycles. The molecule has 0 spiro atoms. The number of ether oxygens (including phenoxy) is 1.